The Morgan fingerprint density at radius 3 is 1.47 bits per heavy atom. The predicted octanol–water partition coefficient (Wildman–Crippen LogP) is 9.39. The molecule has 0 aliphatic heterocycles. The summed E-state index contributed by atoms with van der Waals surface area (Å²) in [5, 5.41) is 3.38. The summed E-state index contributed by atoms with van der Waals surface area (Å²) in [7, 11) is -1.80. The first kappa shape index (κ1) is 23.0. The van der Waals surface area contributed by atoms with Crippen LogP contribution in [0.4, 0.5) is 0 Å². The molecule has 0 unspecified atom stereocenters. The minimum absolute atomic E-state index is 1.10. The molecule has 0 bridgehead atoms. The molecule has 0 amide bonds. The summed E-state index contributed by atoms with van der Waals surface area (Å²) in [4.78, 5) is 0. The molecule has 0 spiro atoms. The van der Waals surface area contributed by atoms with Crippen molar-refractivity contribution in [3.8, 4) is 22.3 Å². The van der Waals surface area contributed by atoms with Gasteiger partial charge in [-0.1, -0.05) is 138 Å². The molecule has 0 radical (unpaired) electrons. The fraction of sp³-hybridized carbons (Fsp3) is 0.200. The van der Waals surface area contributed by atoms with Crippen LogP contribution in [0.2, 0.25) is 12.6 Å². The number of benzene rings is 4. The van der Waals surface area contributed by atoms with Crippen LogP contribution in [-0.2, 0) is 12.8 Å². The van der Waals surface area contributed by atoms with Crippen molar-refractivity contribution in [3.63, 3.8) is 0 Å². The van der Waals surface area contributed by atoms with E-state index < -0.39 is 8.07 Å². The molecular weight excluding hydrogens is 448 g/mol. The number of hydrogen-bond acceptors (Lipinski definition) is 0. The monoisotopic (exact) mass is 482 g/mol. The SMILES string of the molecule is CC[Si](C)(C1=Cc2c(cccc2-c2cccc(C)c2)C1)C1=Cc2c(cccc2-c2cccc(C)c2)C1. The van der Waals surface area contributed by atoms with E-state index in [1.165, 1.54) is 61.7 Å². The van der Waals surface area contributed by atoms with Gasteiger partial charge in [-0.3, -0.25) is 0 Å². The van der Waals surface area contributed by atoms with E-state index in [0.29, 0.717) is 0 Å². The van der Waals surface area contributed by atoms with Gasteiger partial charge >= 0.3 is 0 Å². The Kier molecular flexibility index (Phi) is 5.69. The fourth-order valence-electron chi connectivity index (χ4n) is 6.23. The molecule has 0 saturated heterocycles. The van der Waals surface area contributed by atoms with E-state index in [4.69, 9.17) is 0 Å². The third kappa shape index (κ3) is 3.83. The van der Waals surface area contributed by atoms with Crippen LogP contribution in [0.15, 0.2) is 95.3 Å². The third-order valence-electron chi connectivity index (χ3n) is 8.57. The maximum Gasteiger partial charge on any atom is 0.106 e. The average Bonchev–Trinajstić information content (AvgIpc) is 3.53. The zero-order valence-electron chi connectivity index (χ0n) is 21.9. The Bertz CT molecular complexity index is 1440. The number of allylic oxidation sites excluding steroid dienone is 2. The Morgan fingerprint density at radius 1 is 0.611 bits per heavy atom. The maximum atomic E-state index is 2.61. The molecule has 2 aliphatic carbocycles. The molecule has 2 aliphatic rings. The second kappa shape index (κ2) is 8.91. The molecule has 0 heterocycles. The van der Waals surface area contributed by atoms with E-state index in [-0.39, 0.29) is 0 Å². The molecular formula is C35H34Si. The Labute approximate surface area is 217 Å². The molecule has 0 nitrogen and oxygen atoms in total. The van der Waals surface area contributed by atoms with Gasteiger partial charge in [-0.15, -0.1) is 0 Å². The summed E-state index contributed by atoms with van der Waals surface area (Å²) in [6.45, 7) is 9.40. The van der Waals surface area contributed by atoms with Crippen molar-refractivity contribution in [1.82, 2.24) is 0 Å². The highest BCUT2D eigenvalue weighted by molar-refractivity contribution is 6.93. The summed E-state index contributed by atoms with van der Waals surface area (Å²) >= 11 is 0. The van der Waals surface area contributed by atoms with Gasteiger partial charge in [0.05, 0.1) is 0 Å². The van der Waals surface area contributed by atoms with E-state index >= 15 is 0 Å². The first-order chi connectivity index (χ1) is 17.5. The van der Waals surface area contributed by atoms with Gasteiger partial charge in [0.2, 0.25) is 0 Å². The van der Waals surface area contributed by atoms with Crippen molar-refractivity contribution in [2.45, 2.75) is 46.2 Å². The summed E-state index contributed by atoms with van der Waals surface area (Å²) in [6, 6.07) is 32.9. The summed E-state index contributed by atoms with van der Waals surface area (Å²) < 4.78 is 0. The highest BCUT2D eigenvalue weighted by atomic mass is 28.3. The Balaban J connectivity index is 1.41. The standard InChI is InChI=1S/C35H34Si/c1-5-36(4,30-20-28-14-8-16-32(34(28)22-30)26-12-6-10-24(2)18-26)31-21-29-15-9-17-33(35(29)23-31)27-13-7-11-25(3)19-27/h6-19,22-23H,5,20-21H2,1-4H3. The largest absolute Gasteiger partial charge is 0.106 e. The highest BCUT2D eigenvalue weighted by Crippen LogP contribution is 2.45. The van der Waals surface area contributed by atoms with Crippen LogP contribution in [0.1, 0.15) is 40.3 Å². The molecule has 36 heavy (non-hydrogen) atoms. The molecule has 4 aromatic rings. The second-order valence-corrected chi connectivity index (χ2v) is 15.5. The van der Waals surface area contributed by atoms with E-state index in [1.807, 2.05) is 0 Å². The molecule has 0 N–H and O–H groups in total. The number of rotatable bonds is 5. The predicted molar refractivity (Wildman–Crippen MR) is 159 cm³/mol. The average molecular weight is 483 g/mol. The van der Waals surface area contributed by atoms with Crippen LogP contribution < -0.4 is 0 Å². The second-order valence-electron chi connectivity index (χ2n) is 10.9. The lowest BCUT2D eigenvalue weighted by atomic mass is 9.96. The lowest BCUT2D eigenvalue weighted by Gasteiger charge is -2.30. The van der Waals surface area contributed by atoms with Crippen molar-refractivity contribution in [1.29, 1.82) is 0 Å². The van der Waals surface area contributed by atoms with Crippen LogP contribution in [0.3, 0.4) is 0 Å². The molecule has 6 rings (SSSR count). The summed E-state index contributed by atoms with van der Waals surface area (Å²) in [5.74, 6) is 0. The summed E-state index contributed by atoms with van der Waals surface area (Å²) in [5.41, 5.74) is 13.9. The van der Waals surface area contributed by atoms with Crippen molar-refractivity contribution in [2.75, 3.05) is 0 Å². The van der Waals surface area contributed by atoms with Gasteiger partial charge in [-0.25, -0.2) is 0 Å². The molecule has 0 aromatic heterocycles. The van der Waals surface area contributed by atoms with Crippen LogP contribution in [0.25, 0.3) is 34.4 Å². The molecule has 178 valence electrons. The first-order valence-electron chi connectivity index (χ1n) is 13.3. The molecule has 0 fully saturated rings. The molecule has 0 atom stereocenters. The van der Waals surface area contributed by atoms with E-state index in [9.17, 15) is 0 Å². The van der Waals surface area contributed by atoms with Crippen molar-refractivity contribution < 1.29 is 0 Å². The topological polar surface area (TPSA) is 0 Å². The van der Waals surface area contributed by atoms with Gasteiger partial charge in [0.25, 0.3) is 0 Å². The van der Waals surface area contributed by atoms with E-state index in [1.54, 1.807) is 10.4 Å². The smallest absolute Gasteiger partial charge is 0.0712 e. The lowest BCUT2D eigenvalue weighted by molar-refractivity contribution is 1.19. The van der Waals surface area contributed by atoms with Gasteiger partial charge < -0.3 is 0 Å². The van der Waals surface area contributed by atoms with Gasteiger partial charge in [0.15, 0.2) is 0 Å². The van der Waals surface area contributed by atoms with Crippen molar-refractivity contribution >= 4 is 20.2 Å². The fourth-order valence-corrected chi connectivity index (χ4v) is 9.64. The zero-order chi connectivity index (χ0) is 24.9. The Morgan fingerprint density at radius 2 is 1.06 bits per heavy atom. The highest BCUT2D eigenvalue weighted by Gasteiger charge is 2.38. The Hall–Kier alpha value is -3.42. The molecule has 0 saturated carbocycles. The van der Waals surface area contributed by atoms with Gasteiger partial charge in [0, 0.05) is 0 Å². The van der Waals surface area contributed by atoms with E-state index in [2.05, 4.69) is 124 Å². The minimum Gasteiger partial charge on any atom is -0.0712 e. The van der Waals surface area contributed by atoms with Gasteiger partial charge in [-0.2, -0.15) is 0 Å². The summed E-state index contributed by atoms with van der Waals surface area (Å²) in [6.07, 6.45) is 7.36. The van der Waals surface area contributed by atoms with Gasteiger partial charge in [0.1, 0.15) is 8.07 Å². The first-order valence-corrected chi connectivity index (χ1v) is 16.0. The lowest BCUT2D eigenvalue weighted by Crippen LogP contribution is -2.35. The third-order valence-corrected chi connectivity index (χ3v) is 13.5. The normalized spacial score (nSPS) is 14.3. The number of fused-ring (bicyclic) bond motifs is 2. The zero-order valence-corrected chi connectivity index (χ0v) is 22.9. The van der Waals surface area contributed by atoms with Crippen LogP contribution in [0, 0.1) is 13.8 Å². The minimum atomic E-state index is -1.80. The van der Waals surface area contributed by atoms with Crippen molar-refractivity contribution in [2.24, 2.45) is 0 Å². The maximum absolute atomic E-state index is 2.61. The molecule has 4 aromatic carbocycles. The van der Waals surface area contributed by atoms with Crippen molar-refractivity contribution in [3.05, 3.63) is 129 Å². The van der Waals surface area contributed by atoms with Gasteiger partial charge in [-0.05, 0) is 71.2 Å². The quantitative estimate of drug-likeness (QED) is 0.249. The van der Waals surface area contributed by atoms with Crippen LogP contribution in [-0.4, -0.2) is 8.07 Å². The number of aryl methyl sites for hydroxylation is 2. The van der Waals surface area contributed by atoms with E-state index in [0.717, 1.165) is 12.8 Å². The van der Waals surface area contributed by atoms with Crippen LogP contribution >= 0.6 is 0 Å². The number of hydrogen-bond donors (Lipinski definition) is 0. The molecule has 1 heteroatoms. The van der Waals surface area contributed by atoms with Crippen LogP contribution in [0.5, 0.6) is 0 Å².